The summed E-state index contributed by atoms with van der Waals surface area (Å²) in [5.74, 6) is -0.807. The van der Waals surface area contributed by atoms with Gasteiger partial charge in [-0.25, -0.2) is 0 Å². The second-order valence-electron chi connectivity index (χ2n) is 3.60. The van der Waals surface area contributed by atoms with Crippen LogP contribution in [0.2, 0.25) is 0 Å². The van der Waals surface area contributed by atoms with Crippen LogP contribution >= 0.6 is 0 Å². The Labute approximate surface area is 147 Å². The molecule has 23 heavy (non-hydrogen) atoms. The Kier molecular flexibility index (Phi) is 28.8. The van der Waals surface area contributed by atoms with E-state index in [1.807, 2.05) is 6.07 Å². The van der Waals surface area contributed by atoms with Crippen molar-refractivity contribution >= 4 is 11.6 Å². The van der Waals surface area contributed by atoms with Gasteiger partial charge in [-0.1, -0.05) is 30.3 Å². The molecule has 0 saturated heterocycles. The molecule has 0 N–H and O–H groups in total. The quantitative estimate of drug-likeness (QED) is 0.338. The third kappa shape index (κ3) is 13.7. The number of unbranched alkanes of at least 4 members (excludes halogenated alkanes) is 1. The van der Waals surface area contributed by atoms with E-state index in [1.165, 1.54) is 6.92 Å². The van der Waals surface area contributed by atoms with Crippen LogP contribution in [-0.2, 0) is 35.5 Å². The van der Waals surface area contributed by atoms with Gasteiger partial charge in [-0.15, -0.1) is 0 Å². The molecule has 5 nitrogen and oxygen atoms in total. The molecule has 0 aliphatic carbocycles. The van der Waals surface area contributed by atoms with E-state index < -0.39 is 5.92 Å². The summed E-state index contributed by atoms with van der Waals surface area (Å²) in [5, 5.41) is 0. The first-order valence-corrected chi connectivity index (χ1v) is 5.82. The van der Waals surface area contributed by atoms with Crippen molar-refractivity contribution in [1.29, 1.82) is 0 Å². The molecule has 6 heteroatoms. The van der Waals surface area contributed by atoms with Gasteiger partial charge in [-0.2, -0.15) is 0 Å². The van der Waals surface area contributed by atoms with Crippen molar-refractivity contribution in [3.05, 3.63) is 75.6 Å². The van der Waals surface area contributed by atoms with E-state index in [9.17, 15) is 9.59 Å². The summed E-state index contributed by atoms with van der Waals surface area (Å²) in [7, 11) is 0. The molecule has 0 saturated carbocycles. The van der Waals surface area contributed by atoms with Gasteiger partial charge in [-0.3, -0.25) is 9.59 Å². The summed E-state index contributed by atoms with van der Waals surface area (Å²) in [4.78, 5) is 23.4. The zero-order valence-corrected chi connectivity index (χ0v) is 13.4. The van der Waals surface area contributed by atoms with Gasteiger partial charge in [0.05, 0.1) is 5.92 Å². The summed E-state index contributed by atoms with van der Waals surface area (Å²) in [5.41, 5.74) is 0.583. The predicted octanol–water partition coefficient (Wildman–Crippen LogP) is 2.59. The Balaban J connectivity index is -0.000000231. The number of rotatable bonds is 6. The van der Waals surface area contributed by atoms with Crippen LogP contribution in [0.25, 0.3) is 0 Å². The molecular formula is C17H15CoO5. The average molecular weight is 358 g/mol. The molecule has 0 aromatic heterocycles. The van der Waals surface area contributed by atoms with Crippen LogP contribution in [0.5, 0.6) is 0 Å². The van der Waals surface area contributed by atoms with Gasteiger partial charge in [0.25, 0.3) is 0 Å². The van der Waals surface area contributed by atoms with E-state index in [0.717, 1.165) is 0 Å². The molecule has 4 radical (unpaired) electrons. The van der Waals surface area contributed by atoms with Crippen LogP contribution in [0.4, 0.5) is 0 Å². The van der Waals surface area contributed by atoms with Crippen LogP contribution in [0.15, 0.2) is 30.3 Å². The molecular weight excluding hydrogens is 343 g/mol. The molecule has 0 bridgehead atoms. The Morgan fingerprint density at radius 2 is 1.52 bits per heavy atom. The number of carbonyl (C=O) groups is 2. The van der Waals surface area contributed by atoms with Gasteiger partial charge in [0.15, 0.2) is 5.78 Å². The number of hydrogen-bond donors (Lipinski definition) is 0. The first-order chi connectivity index (χ1) is 10.7. The van der Waals surface area contributed by atoms with Crippen molar-refractivity contribution in [2.24, 2.45) is 5.92 Å². The van der Waals surface area contributed by atoms with E-state index >= 15 is 0 Å². The molecule has 0 aliphatic rings. The van der Waals surface area contributed by atoms with Crippen molar-refractivity contribution < 1.29 is 40.3 Å². The van der Waals surface area contributed by atoms with Gasteiger partial charge < -0.3 is 0 Å². The number of Topliss-reactive ketones (excluding diaryl/α,β-unsaturated/α-hetero) is 2. The van der Waals surface area contributed by atoms with Crippen LogP contribution in [0.3, 0.4) is 0 Å². The van der Waals surface area contributed by atoms with E-state index in [1.54, 1.807) is 37.1 Å². The van der Waals surface area contributed by atoms with E-state index in [0.29, 0.717) is 12.0 Å². The van der Waals surface area contributed by atoms with Gasteiger partial charge in [0, 0.05) is 22.3 Å². The first-order valence-electron chi connectivity index (χ1n) is 5.82. The third-order valence-electron chi connectivity index (χ3n) is 2.40. The van der Waals surface area contributed by atoms with E-state index in [4.69, 9.17) is 14.0 Å². The van der Waals surface area contributed by atoms with Crippen LogP contribution in [0.1, 0.15) is 23.7 Å². The topological polar surface area (TPSA) is 93.8 Å². The van der Waals surface area contributed by atoms with Gasteiger partial charge in [0.1, 0.15) is 5.78 Å². The van der Waals surface area contributed by atoms with Crippen molar-refractivity contribution in [3.8, 4) is 0 Å². The Bertz CT molecular complexity index is 462. The Morgan fingerprint density at radius 3 is 1.87 bits per heavy atom. The van der Waals surface area contributed by atoms with Crippen LogP contribution in [0, 0.1) is 45.6 Å². The molecule has 0 heterocycles. The van der Waals surface area contributed by atoms with Gasteiger partial charge >= 0.3 is 33.9 Å². The van der Waals surface area contributed by atoms with Crippen LogP contribution < -0.4 is 0 Å². The fraction of sp³-hybridized carbons (Fsp3) is 0.176. The van der Waals surface area contributed by atoms with Gasteiger partial charge in [-0.05, 0) is 33.1 Å². The molecule has 1 rings (SSSR count). The molecule has 0 aliphatic heterocycles. The summed E-state index contributed by atoms with van der Waals surface area (Å²) < 4.78 is 22.5. The molecule has 0 spiro atoms. The summed E-state index contributed by atoms with van der Waals surface area (Å²) in [6.07, 6.45) is 3.77. The largest absolute Gasteiger partial charge is 0.299 e. The molecule has 122 valence electrons. The Hall–Kier alpha value is -1.71. The number of benzene rings is 1. The molecule has 1 aromatic rings. The zero-order valence-electron chi connectivity index (χ0n) is 12.4. The summed E-state index contributed by atoms with van der Waals surface area (Å²) >= 11 is 0. The second-order valence-corrected chi connectivity index (χ2v) is 3.60. The van der Waals surface area contributed by atoms with Crippen molar-refractivity contribution in [2.75, 3.05) is 0 Å². The first kappa shape index (κ1) is 29.3. The normalized spacial score (nSPS) is 8.70. The maximum atomic E-state index is 12.0. The molecule has 1 aromatic carbocycles. The number of carbonyl (C=O) groups excluding carboxylic acids is 2. The van der Waals surface area contributed by atoms with E-state index in [-0.39, 0.29) is 28.3 Å². The van der Waals surface area contributed by atoms with Crippen molar-refractivity contribution in [1.82, 2.24) is 0 Å². The maximum Gasteiger partial charge on any atom is 0.173 e. The number of ketones is 2. The van der Waals surface area contributed by atoms with Crippen LogP contribution in [-0.4, -0.2) is 11.6 Å². The van der Waals surface area contributed by atoms with E-state index in [2.05, 4.69) is 26.9 Å². The minimum atomic E-state index is -0.583. The predicted molar refractivity (Wildman–Crippen MR) is 75.3 cm³/mol. The SMILES string of the molecule is [C-]#[O+].[C-]#[O+].[C-]#[O+].[CH2][CH][CH]CC(C(C)=O)C(=O)c1ccccc1.[Co]. The summed E-state index contributed by atoms with van der Waals surface area (Å²) in [6.45, 7) is 18.5. The smallest absolute Gasteiger partial charge is 0.173 e. The van der Waals surface area contributed by atoms with Gasteiger partial charge in [0.2, 0.25) is 0 Å². The molecule has 0 fully saturated rings. The zero-order chi connectivity index (χ0) is 18.0. The molecule has 1 unspecified atom stereocenters. The minimum Gasteiger partial charge on any atom is -0.299 e. The minimum absolute atomic E-state index is 0. The summed E-state index contributed by atoms with van der Waals surface area (Å²) in [6, 6.07) is 8.89. The van der Waals surface area contributed by atoms with Crippen molar-refractivity contribution in [2.45, 2.75) is 13.3 Å². The fourth-order valence-electron chi connectivity index (χ4n) is 1.49. The monoisotopic (exact) mass is 358 g/mol. The second kappa shape index (κ2) is 22.6. The average Bonchev–Trinajstić information content (AvgIpc) is 2.61. The maximum absolute atomic E-state index is 12.0. The standard InChI is InChI=1S/C14H15O2.3CO.Co/c1-3-4-10-13(11(2)15)14(16)12-8-6-5-7-9-12;3*1-2;/h3-9,13H,1,10H2,2H3;;;;. The number of hydrogen-bond acceptors (Lipinski definition) is 2. The fourth-order valence-corrected chi connectivity index (χ4v) is 1.49. The Morgan fingerprint density at radius 1 is 1.09 bits per heavy atom. The third-order valence-corrected chi connectivity index (χ3v) is 2.40. The van der Waals surface area contributed by atoms with Crippen molar-refractivity contribution in [3.63, 3.8) is 0 Å². The molecule has 1 atom stereocenters. The molecule has 0 amide bonds.